The minimum atomic E-state index is 0.345. The summed E-state index contributed by atoms with van der Waals surface area (Å²) in [6, 6.07) is 0.345. The molecule has 0 saturated carbocycles. The molecule has 1 aliphatic rings. The van der Waals surface area contributed by atoms with Gasteiger partial charge >= 0.3 is 0 Å². The maximum absolute atomic E-state index is 4.40. The molecule has 1 nitrogen and oxygen atoms in total. The first-order chi connectivity index (χ1) is 5.20. The van der Waals surface area contributed by atoms with Crippen LogP contribution in [-0.4, -0.2) is 11.8 Å². The Morgan fingerprint density at radius 1 is 1.27 bits per heavy atom. The highest BCUT2D eigenvalue weighted by Crippen LogP contribution is 2.06. The Kier molecular flexibility index (Phi) is 2.42. The molecular weight excluding hydrogens is 134 g/mol. The average molecular weight is 147 g/mol. The second-order valence-corrected chi connectivity index (χ2v) is 2.85. The largest absolute Gasteiger partial charge is 0.282 e. The van der Waals surface area contributed by atoms with Crippen LogP contribution < -0.4 is 0 Å². The normalized spacial score (nSPS) is 20.3. The van der Waals surface area contributed by atoms with E-state index < -0.39 is 0 Å². The smallest absolute Gasteiger partial charge is 0.0643 e. The Morgan fingerprint density at radius 3 is 2.45 bits per heavy atom. The molecule has 0 unspecified atom stereocenters. The third-order valence-corrected chi connectivity index (χ3v) is 1.39. The predicted molar refractivity (Wildman–Crippen MR) is 50.0 cm³/mol. The quantitative estimate of drug-likeness (QED) is 0.540. The molecule has 0 saturated heterocycles. The molecule has 0 aromatic rings. The fraction of sp³-hybridized carbons (Fsp3) is 0.300. The van der Waals surface area contributed by atoms with Gasteiger partial charge in [-0.1, -0.05) is 24.8 Å². The van der Waals surface area contributed by atoms with Crippen molar-refractivity contribution < 1.29 is 0 Å². The number of aliphatic imine (C=N–C) groups is 1. The second-order valence-electron chi connectivity index (χ2n) is 2.85. The van der Waals surface area contributed by atoms with Crippen LogP contribution in [0.4, 0.5) is 0 Å². The zero-order chi connectivity index (χ0) is 8.27. The van der Waals surface area contributed by atoms with Crippen LogP contribution in [0.25, 0.3) is 0 Å². The van der Waals surface area contributed by atoms with Crippen LogP contribution in [0.15, 0.2) is 41.4 Å². The number of allylic oxidation sites excluding steroid dienone is 5. The molecule has 1 rings (SSSR count). The van der Waals surface area contributed by atoms with E-state index in [1.165, 1.54) is 0 Å². The molecule has 0 bridgehead atoms. The lowest BCUT2D eigenvalue weighted by atomic mass is 10.1. The molecule has 0 aromatic heterocycles. The summed E-state index contributed by atoms with van der Waals surface area (Å²) in [5.74, 6) is 0. The van der Waals surface area contributed by atoms with Gasteiger partial charge in [-0.2, -0.15) is 0 Å². The summed E-state index contributed by atoms with van der Waals surface area (Å²) in [5.41, 5.74) is 2.00. The van der Waals surface area contributed by atoms with Crippen LogP contribution in [0.2, 0.25) is 0 Å². The fourth-order valence-corrected chi connectivity index (χ4v) is 0.915. The van der Waals surface area contributed by atoms with Crippen molar-refractivity contribution in [2.45, 2.75) is 19.9 Å². The molecule has 0 heterocycles. The molecular formula is C10H13N. The highest BCUT2D eigenvalue weighted by Gasteiger charge is 2.00. The molecule has 58 valence electrons. The van der Waals surface area contributed by atoms with E-state index in [-0.39, 0.29) is 0 Å². The molecule has 0 aliphatic heterocycles. The fourth-order valence-electron chi connectivity index (χ4n) is 0.915. The highest BCUT2D eigenvalue weighted by atomic mass is 14.8. The SMILES string of the molecule is C=C1C=CC=CC1=NC(C)C. The van der Waals surface area contributed by atoms with Gasteiger partial charge in [0.1, 0.15) is 0 Å². The summed E-state index contributed by atoms with van der Waals surface area (Å²) in [7, 11) is 0. The minimum absolute atomic E-state index is 0.345. The Balaban J connectivity index is 2.81. The molecule has 1 heteroatoms. The van der Waals surface area contributed by atoms with E-state index in [1.807, 2.05) is 24.3 Å². The standard InChI is InChI=1S/C10H13N/c1-8(2)11-10-7-5-4-6-9(10)3/h4-8H,3H2,1-2H3. The lowest BCUT2D eigenvalue weighted by molar-refractivity contribution is 0.837. The minimum Gasteiger partial charge on any atom is -0.282 e. The molecule has 0 N–H and O–H groups in total. The topological polar surface area (TPSA) is 12.4 Å². The molecule has 0 radical (unpaired) electrons. The third-order valence-electron chi connectivity index (χ3n) is 1.39. The van der Waals surface area contributed by atoms with E-state index >= 15 is 0 Å². The lowest BCUT2D eigenvalue weighted by Crippen LogP contribution is -2.02. The second kappa shape index (κ2) is 3.33. The van der Waals surface area contributed by atoms with Crippen molar-refractivity contribution in [2.24, 2.45) is 4.99 Å². The zero-order valence-corrected chi connectivity index (χ0v) is 7.04. The van der Waals surface area contributed by atoms with Crippen molar-refractivity contribution in [3.63, 3.8) is 0 Å². The molecule has 0 fully saturated rings. The van der Waals surface area contributed by atoms with Crippen molar-refractivity contribution in [2.75, 3.05) is 0 Å². The number of hydrogen-bond donors (Lipinski definition) is 0. The summed E-state index contributed by atoms with van der Waals surface area (Å²) in [6.07, 6.45) is 7.92. The predicted octanol–water partition coefficient (Wildman–Crippen LogP) is 2.52. The summed E-state index contributed by atoms with van der Waals surface area (Å²) in [6.45, 7) is 8.00. The van der Waals surface area contributed by atoms with Crippen LogP contribution in [-0.2, 0) is 0 Å². The first kappa shape index (κ1) is 7.99. The van der Waals surface area contributed by atoms with Gasteiger partial charge in [0, 0.05) is 6.04 Å². The maximum Gasteiger partial charge on any atom is 0.0643 e. The van der Waals surface area contributed by atoms with Gasteiger partial charge in [0.05, 0.1) is 5.71 Å². The molecule has 11 heavy (non-hydrogen) atoms. The van der Waals surface area contributed by atoms with Crippen LogP contribution in [0.3, 0.4) is 0 Å². The average Bonchev–Trinajstić information content (AvgIpc) is 1.93. The molecule has 0 aromatic carbocycles. The van der Waals surface area contributed by atoms with Crippen LogP contribution in [0.5, 0.6) is 0 Å². The molecule has 0 amide bonds. The van der Waals surface area contributed by atoms with Crippen LogP contribution in [0, 0.1) is 0 Å². The van der Waals surface area contributed by atoms with Crippen LogP contribution >= 0.6 is 0 Å². The number of hydrogen-bond acceptors (Lipinski definition) is 1. The van der Waals surface area contributed by atoms with Gasteiger partial charge in [-0.05, 0) is 25.5 Å². The number of rotatable bonds is 1. The van der Waals surface area contributed by atoms with Crippen molar-refractivity contribution in [3.8, 4) is 0 Å². The summed E-state index contributed by atoms with van der Waals surface area (Å²) >= 11 is 0. The van der Waals surface area contributed by atoms with Gasteiger partial charge in [-0.15, -0.1) is 0 Å². The molecule has 0 spiro atoms. The van der Waals surface area contributed by atoms with Gasteiger partial charge < -0.3 is 0 Å². The first-order valence-corrected chi connectivity index (χ1v) is 3.82. The van der Waals surface area contributed by atoms with Gasteiger partial charge in [0.2, 0.25) is 0 Å². The Bertz CT molecular complexity index is 242. The summed E-state index contributed by atoms with van der Waals surface area (Å²) in [4.78, 5) is 4.40. The van der Waals surface area contributed by atoms with Gasteiger partial charge in [0.15, 0.2) is 0 Å². The van der Waals surface area contributed by atoms with Gasteiger partial charge in [-0.25, -0.2) is 0 Å². The Hall–Kier alpha value is -1.11. The lowest BCUT2D eigenvalue weighted by Gasteiger charge is -2.05. The van der Waals surface area contributed by atoms with E-state index in [9.17, 15) is 0 Å². The van der Waals surface area contributed by atoms with E-state index in [0.29, 0.717) is 6.04 Å². The van der Waals surface area contributed by atoms with E-state index in [1.54, 1.807) is 0 Å². The number of nitrogens with zero attached hydrogens (tertiary/aromatic N) is 1. The zero-order valence-electron chi connectivity index (χ0n) is 7.04. The van der Waals surface area contributed by atoms with Crippen molar-refractivity contribution in [1.82, 2.24) is 0 Å². The highest BCUT2D eigenvalue weighted by molar-refractivity contribution is 6.11. The van der Waals surface area contributed by atoms with Gasteiger partial charge in [-0.3, -0.25) is 4.99 Å². The van der Waals surface area contributed by atoms with E-state index in [0.717, 1.165) is 11.3 Å². The summed E-state index contributed by atoms with van der Waals surface area (Å²) < 4.78 is 0. The monoisotopic (exact) mass is 147 g/mol. The van der Waals surface area contributed by atoms with Crippen molar-refractivity contribution in [3.05, 3.63) is 36.5 Å². The van der Waals surface area contributed by atoms with Crippen molar-refractivity contribution in [1.29, 1.82) is 0 Å². The molecule has 1 aliphatic carbocycles. The Labute approximate surface area is 67.8 Å². The van der Waals surface area contributed by atoms with Crippen molar-refractivity contribution >= 4 is 5.71 Å². The first-order valence-electron chi connectivity index (χ1n) is 3.82. The van der Waals surface area contributed by atoms with Crippen LogP contribution in [0.1, 0.15) is 13.8 Å². The van der Waals surface area contributed by atoms with E-state index in [2.05, 4.69) is 25.4 Å². The molecule has 0 atom stereocenters. The van der Waals surface area contributed by atoms with Gasteiger partial charge in [0.25, 0.3) is 0 Å². The third kappa shape index (κ3) is 2.19. The van der Waals surface area contributed by atoms with E-state index in [4.69, 9.17) is 0 Å². The summed E-state index contributed by atoms with van der Waals surface area (Å²) in [5, 5.41) is 0. The Morgan fingerprint density at radius 2 is 1.91 bits per heavy atom. The maximum atomic E-state index is 4.40.